The summed E-state index contributed by atoms with van der Waals surface area (Å²) >= 11 is 2.44. The Bertz CT molecular complexity index is 576. The molecule has 1 heterocycles. The van der Waals surface area contributed by atoms with Crippen molar-refractivity contribution < 1.29 is 14.7 Å². The summed E-state index contributed by atoms with van der Waals surface area (Å²) in [5.41, 5.74) is 0.825. The first-order chi connectivity index (χ1) is 7.56. The predicted octanol–water partition coefficient (Wildman–Crippen LogP) is 2.63. The molecule has 1 aromatic carbocycles. The number of thioether (sulfide) groups is 1. The van der Waals surface area contributed by atoms with Gasteiger partial charge in [0.25, 0.3) is 0 Å². The minimum atomic E-state index is -0.976. The SMILES string of the molecule is CC(=O)Sc1nc2cc(C(=O)O)ccc2s1. The second kappa shape index (κ2) is 4.23. The van der Waals surface area contributed by atoms with Crippen LogP contribution in [-0.2, 0) is 4.79 Å². The van der Waals surface area contributed by atoms with Crippen LogP contribution in [-0.4, -0.2) is 21.2 Å². The van der Waals surface area contributed by atoms with E-state index in [4.69, 9.17) is 5.11 Å². The van der Waals surface area contributed by atoms with Crippen LogP contribution in [0.5, 0.6) is 0 Å². The Kier molecular flexibility index (Phi) is 2.93. The van der Waals surface area contributed by atoms with Gasteiger partial charge in [-0.05, 0) is 30.0 Å². The molecule has 0 aliphatic carbocycles. The molecule has 0 aliphatic rings. The fourth-order valence-electron chi connectivity index (χ4n) is 1.21. The molecule has 0 amide bonds. The van der Waals surface area contributed by atoms with E-state index in [0.29, 0.717) is 9.86 Å². The average Bonchev–Trinajstić information content (AvgIpc) is 2.56. The van der Waals surface area contributed by atoms with E-state index >= 15 is 0 Å². The highest BCUT2D eigenvalue weighted by Crippen LogP contribution is 2.30. The number of thiazole rings is 1. The minimum Gasteiger partial charge on any atom is -0.478 e. The average molecular weight is 253 g/mol. The molecule has 0 saturated carbocycles. The van der Waals surface area contributed by atoms with E-state index in [9.17, 15) is 9.59 Å². The number of fused-ring (bicyclic) bond motifs is 1. The van der Waals surface area contributed by atoms with Gasteiger partial charge in [-0.15, -0.1) is 11.3 Å². The van der Waals surface area contributed by atoms with E-state index in [2.05, 4.69) is 4.98 Å². The first-order valence-electron chi connectivity index (χ1n) is 4.38. The lowest BCUT2D eigenvalue weighted by Crippen LogP contribution is -1.94. The number of carbonyl (C=O) groups excluding carboxylic acids is 1. The lowest BCUT2D eigenvalue weighted by atomic mass is 10.2. The molecule has 1 N–H and O–H groups in total. The van der Waals surface area contributed by atoms with Crippen LogP contribution in [0.1, 0.15) is 17.3 Å². The molecule has 6 heteroatoms. The Morgan fingerprint density at radius 2 is 2.19 bits per heavy atom. The summed E-state index contributed by atoms with van der Waals surface area (Å²) in [6, 6.07) is 4.75. The van der Waals surface area contributed by atoms with Crippen molar-refractivity contribution in [2.24, 2.45) is 0 Å². The molecule has 0 atom stereocenters. The van der Waals surface area contributed by atoms with Crippen LogP contribution in [0.25, 0.3) is 10.2 Å². The van der Waals surface area contributed by atoms with Crippen LogP contribution < -0.4 is 0 Å². The Balaban J connectivity index is 2.45. The van der Waals surface area contributed by atoms with Crippen molar-refractivity contribution in [1.82, 2.24) is 4.98 Å². The molecule has 1 aromatic heterocycles. The van der Waals surface area contributed by atoms with Gasteiger partial charge in [0.2, 0.25) is 0 Å². The van der Waals surface area contributed by atoms with E-state index < -0.39 is 5.97 Å². The second-order valence-corrected chi connectivity index (χ2v) is 5.52. The maximum Gasteiger partial charge on any atom is 0.335 e. The minimum absolute atomic E-state index is 0.0301. The fourth-order valence-corrected chi connectivity index (χ4v) is 3.06. The third-order valence-corrected chi connectivity index (χ3v) is 3.73. The predicted molar refractivity (Wildman–Crippen MR) is 63.1 cm³/mol. The number of nitrogens with zero attached hydrogens (tertiary/aromatic N) is 1. The van der Waals surface area contributed by atoms with Crippen molar-refractivity contribution in [2.45, 2.75) is 11.3 Å². The quantitative estimate of drug-likeness (QED) is 0.833. The molecule has 0 spiro atoms. The topological polar surface area (TPSA) is 67.3 Å². The molecule has 0 unspecified atom stereocenters. The zero-order valence-electron chi connectivity index (χ0n) is 8.26. The van der Waals surface area contributed by atoms with Gasteiger partial charge >= 0.3 is 5.97 Å². The molecule has 0 aliphatic heterocycles. The summed E-state index contributed by atoms with van der Waals surface area (Å²) in [6.45, 7) is 1.47. The first-order valence-corrected chi connectivity index (χ1v) is 6.02. The summed E-state index contributed by atoms with van der Waals surface area (Å²) in [4.78, 5) is 25.8. The van der Waals surface area contributed by atoms with E-state index in [1.54, 1.807) is 6.07 Å². The van der Waals surface area contributed by atoms with E-state index in [1.807, 2.05) is 0 Å². The highest BCUT2D eigenvalue weighted by molar-refractivity contribution is 8.14. The highest BCUT2D eigenvalue weighted by Gasteiger charge is 2.09. The number of hydrogen-bond acceptors (Lipinski definition) is 5. The van der Waals surface area contributed by atoms with Gasteiger partial charge in [0.05, 0.1) is 15.8 Å². The molecule has 2 aromatic rings. The van der Waals surface area contributed by atoms with Crippen LogP contribution in [0.15, 0.2) is 22.5 Å². The number of aromatic nitrogens is 1. The highest BCUT2D eigenvalue weighted by atomic mass is 32.2. The van der Waals surface area contributed by atoms with Crippen molar-refractivity contribution in [3.05, 3.63) is 23.8 Å². The molecule has 2 rings (SSSR count). The summed E-state index contributed by atoms with van der Waals surface area (Å²) in [7, 11) is 0. The molecule has 0 bridgehead atoms. The molecule has 82 valence electrons. The monoisotopic (exact) mass is 253 g/mol. The molecule has 0 radical (unpaired) electrons. The van der Waals surface area contributed by atoms with Crippen molar-refractivity contribution in [1.29, 1.82) is 0 Å². The Morgan fingerprint density at radius 3 is 2.81 bits per heavy atom. The van der Waals surface area contributed by atoms with Crippen LogP contribution in [0.3, 0.4) is 0 Å². The van der Waals surface area contributed by atoms with Gasteiger partial charge in [-0.1, -0.05) is 0 Å². The number of aromatic carboxylic acids is 1. The molecule has 0 fully saturated rings. The van der Waals surface area contributed by atoms with Crippen molar-refractivity contribution in [3.8, 4) is 0 Å². The maximum absolute atomic E-state index is 10.9. The molecule has 0 saturated heterocycles. The van der Waals surface area contributed by atoms with Crippen molar-refractivity contribution in [3.63, 3.8) is 0 Å². The zero-order valence-corrected chi connectivity index (χ0v) is 9.89. The number of carboxylic acids is 1. The lowest BCUT2D eigenvalue weighted by Gasteiger charge is -1.91. The summed E-state index contributed by atoms with van der Waals surface area (Å²) in [5.74, 6) is -0.976. The Labute approximate surface area is 99.3 Å². The fraction of sp³-hybridized carbons (Fsp3) is 0.100. The van der Waals surface area contributed by atoms with Crippen molar-refractivity contribution in [2.75, 3.05) is 0 Å². The maximum atomic E-state index is 10.9. The number of carboxylic acid groups (broad SMARTS) is 1. The van der Waals surface area contributed by atoms with Gasteiger partial charge in [0, 0.05) is 6.92 Å². The third kappa shape index (κ3) is 2.23. The summed E-state index contributed by atoms with van der Waals surface area (Å²) in [6.07, 6.45) is 0. The van der Waals surface area contributed by atoms with Gasteiger partial charge in [0.15, 0.2) is 9.45 Å². The Hall–Kier alpha value is -1.40. The van der Waals surface area contributed by atoms with Gasteiger partial charge < -0.3 is 5.11 Å². The standard InChI is InChI=1S/C10H7NO3S2/c1-5(12)15-10-11-7-4-6(9(13)14)2-3-8(7)16-10/h2-4H,1H3,(H,13,14). The van der Waals surface area contributed by atoms with Gasteiger partial charge in [-0.2, -0.15) is 0 Å². The third-order valence-electron chi connectivity index (χ3n) is 1.85. The van der Waals surface area contributed by atoms with Gasteiger partial charge in [-0.3, -0.25) is 4.79 Å². The van der Waals surface area contributed by atoms with Crippen molar-refractivity contribution >= 4 is 44.4 Å². The Morgan fingerprint density at radius 1 is 1.44 bits per heavy atom. The zero-order chi connectivity index (χ0) is 11.7. The van der Waals surface area contributed by atoms with Gasteiger partial charge in [0.1, 0.15) is 0 Å². The van der Waals surface area contributed by atoms with Crippen LogP contribution >= 0.6 is 23.1 Å². The normalized spacial score (nSPS) is 10.6. The number of hydrogen-bond donors (Lipinski definition) is 1. The molecule has 4 nitrogen and oxygen atoms in total. The van der Waals surface area contributed by atoms with E-state index in [1.165, 1.54) is 30.4 Å². The first kappa shape index (κ1) is 11.1. The van der Waals surface area contributed by atoms with Crippen LogP contribution in [0, 0.1) is 0 Å². The van der Waals surface area contributed by atoms with E-state index in [0.717, 1.165) is 16.5 Å². The molecule has 16 heavy (non-hydrogen) atoms. The second-order valence-electron chi connectivity index (χ2n) is 3.06. The van der Waals surface area contributed by atoms with Gasteiger partial charge in [-0.25, -0.2) is 9.78 Å². The lowest BCUT2D eigenvalue weighted by molar-refractivity contribution is -0.109. The van der Waals surface area contributed by atoms with Crippen LogP contribution in [0.2, 0.25) is 0 Å². The van der Waals surface area contributed by atoms with Crippen LogP contribution in [0.4, 0.5) is 0 Å². The molecular formula is C10H7NO3S2. The largest absolute Gasteiger partial charge is 0.478 e. The number of carbonyl (C=O) groups is 2. The smallest absolute Gasteiger partial charge is 0.335 e. The number of rotatable bonds is 2. The van der Waals surface area contributed by atoms with E-state index in [-0.39, 0.29) is 10.7 Å². The number of benzene rings is 1. The summed E-state index contributed by atoms with van der Waals surface area (Å²) < 4.78 is 1.53. The summed E-state index contributed by atoms with van der Waals surface area (Å²) in [5, 5.41) is 8.78. The molecular weight excluding hydrogens is 246 g/mol.